The number of hydrogen-bond donors (Lipinski definition) is 1. The number of nitrogens with two attached hydrogens (primary N) is 1. The third kappa shape index (κ3) is 3.32. The highest BCUT2D eigenvalue weighted by atomic mass is 19.1. The van der Waals surface area contributed by atoms with E-state index in [1.807, 2.05) is 6.07 Å². The average molecular weight is 278 g/mol. The van der Waals surface area contributed by atoms with Crippen LogP contribution in [0.25, 0.3) is 0 Å². The lowest BCUT2D eigenvalue weighted by Gasteiger charge is -2.43. The van der Waals surface area contributed by atoms with Gasteiger partial charge in [0.25, 0.3) is 0 Å². The smallest absolute Gasteiger partial charge is 0.125 e. The molecule has 2 N–H and O–H groups in total. The molecule has 1 aromatic carbocycles. The minimum absolute atomic E-state index is 0.172. The van der Waals surface area contributed by atoms with E-state index in [4.69, 9.17) is 5.73 Å². The fraction of sp³-hybridized carbons (Fsp3) is 0.647. The van der Waals surface area contributed by atoms with E-state index >= 15 is 0 Å². The number of nitrogens with zero attached hydrogens (tertiary/aromatic N) is 1. The molecule has 0 aliphatic heterocycles. The Morgan fingerprint density at radius 3 is 2.80 bits per heavy atom. The predicted octanol–water partition coefficient (Wildman–Crippen LogP) is 3.81. The SMILES string of the molecule is CCN(CC1CCCC(C)(C)C1N)c1cccc(F)c1. The molecule has 0 amide bonds. The van der Waals surface area contributed by atoms with Crippen LogP contribution in [0, 0.1) is 17.2 Å². The van der Waals surface area contributed by atoms with Crippen molar-refractivity contribution in [3.05, 3.63) is 30.1 Å². The van der Waals surface area contributed by atoms with E-state index in [2.05, 4.69) is 25.7 Å². The fourth-order valence-electron chi connectivity index (χ4n) is 3.38. The molecule has 1 fully saturated rings. The molecule has 2 nitrogen and oxygen atoms in total. The summed E-state index contributed by atoms with van der Waals surface area (Å²) in [6.07, 6.45) is 3.62. The van der Waals surface area contributed by atoms with Gasteiger partial charge in [0.15, 0.2) is 0 Å². The molecule has 0 bridgehead atoms. The summed E-state index contributed by atoms with van der Waals surface area (Å²) in [7, 11) is 0. The van der Waals surface area contributed by atoms with Crippen molar-refractivity contribution in [1.82, 2.24) is 0 Å². The molecule has 2 atom stereocenters. The second kappa shape index (κ2) is 6.13. The largest absolute Gasteiger partial charge is 0.371 e. The van der Waals surface area contributed by atoms with Gasteiger partial charge < -0.3 is 10.6 Å². The van der Waals surface area contributed by atoms with Gasteiger partial charge in [-0.1, -0.05) is 26.3 Å². The third-order valence-corrected chi connectivity index (χ3v) is 4.82. The molecule has 20 heavy (non-hydrogen) atoms. The quantitative estimate of drug-likeness (QED) is 0.907. The molecular weight excluding hydrogens is 251 g/mol. The maximum atomic E-state index is 13.4. The van der Waals surface area contributed by atoms with Crippen LogP contribution in [0.5, 0.6) is 0 Å². The van der Waals surface area contributed by atoms with Gasteiger partial charge in [-0.25, -0.2) is 4.39 Å². The van der Waals surface area contributed by atoms with Crippen LogP contribution in [0.1, 0.15) is 40.0 Å². The first-order chi connectivity index (χ1) is 9.44. The van der Waals surface area contributed by atoms with Crippen LogP contribution in [0.15, 0.2) is 24.3 Å². The topological polar surface area (TPSA) is 29.3 Å². The van der Waals surface area contributed by atoms with Gasteiger partial charge in [-0.3, -0.25) is 0 Å². The number of rotatable bonds is 4. The molecule has 0 heterocycles. The summed E-state index contributed by atoms with van der Waals surface area (Å²) in [6, 6.07) is 7.08. The first kappa shape index (κ1) is 15.3. The lowest BCUT2D eigenvalue weighted by molar-refractivity contribution is 0.141. The number of benzene rings is 1. The summed E-state index contributed by atoms with van der Waals surface area (Å²) in [5.74, 6) is 0.316. The van der Waals surface area contributed by atoms with Crippen molar-refractivity contribution in [2.24, 2.45) is 17.1 Å². The van der Waals surface area contributed by atoms with Crippen molar-refractivity contribution in [2.45, 2.75) is 46.1 Å². The van der Waals surface area contributed by atoms with Crippen molar-refractivity contribution in [3.8, 4) is 0 Å². The van der Waals surface area contributed by atoms with Gasteiger partial charge in [0.2, 0.25) is 0 Å². The number of hydrogen-bond acceptors (Lipinski definition) is 2. The van der Waals surface area contributed by atoms with Gasteiger partial charge in [0, 0.05) is 24.8 Å². The number of halogens is 1. The molecule has 1 aliphatic rings. The maximum Gasteiger partial charge on any atom is 0.125 e. The Balaban J connectivity index is 2.10. The van der Waals surface area contributed by atoms with Gasteiger partial charge in [-0.05, 0) is 49.3 Å². The van der Waals surface area contributed by atoms with Crippen LogP contribution < -0.4 is 10.6 Å². The van der Waals surface area contributed by atoms with E-state index in [1.54, 1.807) is 12.1 Å². The standard InChI is InChI=1S/C17H27FN2/c1-4-20(15-9-5-8-14(18)11-15)12-13-7-6-10-17(2,3)16(13)19/h5,8-9,11,13,16H,4,6-7,10,12,19H2,1-3H3. The minimum atomic E-state index is -0.172. The molecule has 2 rings (SSSR count). The molecular formula is C17H27FN2. The molecule has 2 unspecified atom stereocenters. The zero-order chi connectivity index (χ0) is 14.8. The van der Waals surface area contributed by atoms with Crippen LogP contribution >= 0.6 is 0 Å². The lowest BCUT2D eigenvalue weighted by Crippen LogP contribution is -2.50. The Morgan fingerprint density at radius 1 is 1.40 bits per heavy atom. The van der Waals surface area contributed by atoms with E-state index in [9.17, 15) is 4.39 Å². The van der Waals surface area contributed by atoms with E-state index < -0.39 is 0 Å². The number of anilines is 1. The molecule has 0 radical (unpaired) electrons. The molecule has 1 aromatic rings. The highest BCUT2D eigenvalue weighted by Gasteiger charge is 2.36. The normalized spacial score (nSPS) is 25.4. The lowest BCUT2D eigenvalue weighted by atomic mass is 9.68. The van der Waals surface area contributed by atoms with Gasteiger partial charge in [0.05, 0.1) is 0 Å². The van der Waals surface area contributed by atoms with Crippen molar-refractivity contribution < 1.29 is 4.39 Å². The predicted molar refractivity (Wildman–Crippen MR) is 83.4 cm³/mol. The maximum absolute atomic E-state index is 13.4. The van der Waals surface area contributed by atoms with Crippen molar-refractivity contribution in [1.29, 1.82) is 0 Å². The molecule has 0 spiro atoms. The molecule has 112 valence electrons. The molecule has 1 saturated carbocycles. The second-order valence-electron chi connectivity index (χ2n) is 6.69. The first-order valence-corrected chi connectivity index (χ1v) is 7.70. The monoisotopic (exact) mass is 278 g/mol. The molecule has 3 heteroatoms. The van der Waals surface area contributed by atoms with Crippen LogP contribution in [-0.2, 0) is 0 Å². The van der Waals surface area contributed by atoms with E-state index in [-0.39, 0.29) is 17.3 Å². The van der Waals surface area contributed by atoms with Crippen LogP contribution in [0.3, 0.4) is 0 Å². The fourth-order valence-corrected chi connectivity index (χ4v) is 3.38. The van der Waals surface area contributed by atoms with Crippen LogP contribution in [0.2, 0.25) is 0 Å². The summed E-state index contributed by atoms with van der Waals surface area (Å²) in [6.45, 7) is 8.45. The molecule has 1 aliphatic carbocycles. The van der Waals surface area contributed by atoms with Crippen LogP contribution in [0.4, 0.5) is 10.1 Å². The minimum Gasteiger partial charge on any atom is -0.371 e. The first-order valence-electron chi connectivity index (χ1n) is 7.70. The zero-order valence-electron chi connectivity index (χ0n) is 12.9. The molecule has 0 saturated heterocycles. The average Bonchev–Trinajstić information content (AvgIpc) is 2.40. The van der Waals surface area contributed by atoms with Gasteiger partial charge >= 0.3 is 0 Å². The Labute approximate surface area is 122 Å². The van der Waals surface area contributed by atoms with Crippen molar-refractivity contribution in [3.63, 3.8) is 0 Å². The highest BCUT2D eigenvalue weighted by molar-refractivity contribution is 5.46. The van der Waals surface area contributed by atoms with Crippen molar-refractivity contribution in [2.75, 3.05) is 18.0 Å². The summed E-state index contributed by atoms with van der Waals surface area (Å²) >= 11 is 0. The van der Waals surface area contributed by atoms with Gasteiger partial charge in [0.1, 0.15) is 5.82 Å². The second-order valence-corrected chi connectivity index (χ2v) is 6.69. The summed E-state index contributed by atoms with van der Waals surface area (Å²) in [5, 5.41) is 0. The van der Waals surface area contributed by atoms with E-state index in [0.717, 1.165) is 18.8 Å². The van der Waals surface area contributed by atoms with Gasteiger partial charge in [-0.15, -0.1) is 0 Å². The summed E-state index contributed by atoms with van der Waals surface area (Å²) in [5.41, 5.74) is 7.64. The summed E-state index contributed by atoms with van der Waals surface area (Å²) < 4.78 is 13.4. The van der Waals surface area contributed by atoms with Gasteiger partial charge in [-0.2, -0.15) is 0 Å². The Hall–Kier alpha value is -1.09. The Bertz CT molecular complexity index is 444. The van der Waals surface area contributed by atoms with Crippen molar-refractivity contribution >= 4 is 5.69 Å². The zero-order valence-corrected chi connectivity index (χ0v) is 12.9. The van der Waals surface area contributed by atoms with E-state index in [0.29, 0.717) is 5.92 Å². The van der Waals surface area contributed by atoms with E-state index in [1.165, 1.54) is 25.3 Å². The highest BCUT2D eigenvalue weighted by Crippen LogP contribution is 2.38. The van der Waals surface area contributed by atoms with Crippen LogP contribution in [-0.4, -0.2) is 19.1 Å². The summed E-state index contributed by atoms with van der Waals surface area (Å²) in [4.78, 5) is 2.25. The Kier molecular flexibility index (Phi) is 4.69. The third-order valence-electron chi connectivity index (χ3n) is 4.82. The molecule has 0 aromatic heterocycles. The Morgan fingerprint density at radius 2 is 2.15 bits per heavy atom.